The van der Waals surface area contributed by atoms with Crippen LogP contribution in [0.25, 0.3) is 0 Å². The van der Waals surface area contributed by atoms with Crippen LogP contribution in [0.2, 0.25) is 0 Å². The normalized spacial score (nSPS) is 22.5. The summed E-state index contributed by atoms with van der Waals surface area (Å²) in [6.45, 7) is 1.84. The molecule has 2 aromatic rings. The van der Waals surface area contributed by atoms with Gasteiger partial charge < -0.3 is 15.5 Å². The van der Waals surface area contributed by atoms with Crippen LogP contribution in [-0.4, -0.2) is 34.9 Å². The summed E-state index contributed by atoms with van der Waals surface area (Å²) < 4.78 is 1.93. The Morgan fingerprint density at radius 2 is 2.04 bits per heavy atom. The van der Waals surface area contributed by atoms with Gasteiger partial charge in [0.15, 0.2) is 0 Å². The molecular weight excluding hydrogens is 314 g/mol. The SMILES string of the molecule is Cn1ncc2c1CCCC2NC(=O)NC1CCN(c2ccccc2)C1. The maximum atomic E-state index is 12.5. The molecule has 1 aliphatic heterocycles. The quantitative estimate of drug-likeness (QED) is 0.902. The summed E-state index contributed by atoms with van der Waals surface area (Å²) in [6, 6.07) is 10.6. The lowest BCUT2D eigenvalue weighted by molar-refractivity contribution is 0.232. The smallest absolute Gasteiger partial charge is 0.315 e. The third-order valence-electron chi connectivity index (χ3n) is 5.33. The maximum Gasteiger partial charge on any atom is 0.315 e. The van der Waals surface area contributed by atoms with Gasteiger partial charge in [-0.1, -0.05) is 18.2 Å². The molecule has 6 heteroatoms. The minimum Gasteiger partial charge on any atom is -0.369 e. The number of fused-ring (bicyclic) bond motifs is 1. The lowest BCUT2D eigenvalue weighted by atomic mass is 9.93. The van der Waals surface area contributed by atoms with Gasteiger partial charge in [0.1, 0.15) is 0 Å². The second-order valence-corrected chi connectivity index (χ2v) is 7.00. The minimum atomic E-state index is -0.0679. The van der Waals surface area contributed by atoms with Crippen LogP contribution in [0.5, 0.6) is 0 Å². The van der Waals surface area contributed by atoms with Crippen LogP contribution in [0.15, 0.2) is 36.5 Å². The Labute approximate surface area is 148 Å². The molecule has 2 unspecified atom stereocenters. The van der Waals surface area contributed by atoms with E-state index < -0.39 is 0 Å². The van der Waals surface area contributed by atoms with Gasteiger partial charge in [-0.05, 0) is 37.8 Å². The number of aryl methyl sites for hydroxylation is 1. The van der Waals surface area contributed by atoms with Crippen molar-refractivity contribution in [3.63, 3.8) is 0 Å². The van der Waals surface area contributed by atoms with Crippen molar-refractivity contribution in [3.05, 3.63) is 47.8 Å². The molecule has 2 amide bonds. The van der Waals surface area contributed by atoms with Crippen molar-refractivity contribution in [1.82, 2.24) is 20.4 Å². The highest BCUT2D eigenvalue weighted by molar-refractivity contribution is 5.75. The van der Waals surface area contributed by atoms with Crippen molar-refractivity contribution in [1.29, 1.82) is 0 Å². The van der Waals surface area contributed by atoms with Gasteiger partial charge in [0, 0.05) is 43.1 Å². The van der Waals surface area contributed by atoms with Crippen LogP contribution in [0.4, 0.5) is 10.5 Å². The van der Waals surface area contributed by atoms with Crippen LogP contribution in [0, 0.1) is 0 Å². The molecule has 0 bridgehead atoms. The molecule has 2 N–H and O–H groups in total. The molecule has 2 aliphatic rings. The zero-order valence-electron chi connectivity index (χ0n) is 14.6. The average Bonchev–Trinajstić information content (AvgIpc) is 3.24. The maximum absolute atomic E-state index is 12.5. The number of hydrogen-bond acceptors (Lipinski definition) is 3. The Morgan fingerprint density at radius 1 is 1.20 bits per heavy atom. The van der Waals surface area contributed by atoms with Crippen molar-refractivity contribution < 1.29 is 4.79 Å². The van der Waals surface area contributed by atoms with Crippen molar-refractivity contribution in [2.24, 2.45) is 7.05 Å². The van der Waals surface area contributed by atoms with Crippen molar-refractivity contribution in [2.45, 2.75) is 37.8 Å². The fraction of sp³-hybridized carbons (Fsp3) is 0.474. The number of amides is 2. The number of carbonyl (C=O) groups excluding carboxylic acids is 1. The highest BCUT2D eigenvalue weighted by Crippen LogP contribution is 2.29. The van der Waals surface area contributed by atoms with Gasteiger partial charge >= 0.3 is 6.03 Å². The second kappa shape index (κ2) is 6.78. The lowest BCUT2D eigenvalue weighted by Gasteiger charge is -2.25. The first kappa shape index (κ1) is 16.0. The Kier molecular flexibility index (Phi) is 4.34. The number of urea groups is 1. The van der Waals surface area contributed by atoms with E-state index in [-0.39, 0.29) is 18.1 Å². The molecule has 0 radical (unpaired) electrons. The highest BCUT2D eigenvalue weighted by atomic mass is 16.2. The third kappa shape index (κ3) is 3.34. The number of para-hydroxylation sites is 1. The number of nitrogens with one attached hydrogen (secondary N) is 2. The van der Waals surface area contributed by atoms with E-state index in [2.05, 4.69) is 44.9 Å². The molecule has 6 nitrogen and oxygen atoms in total. The Bertz CT molecular complexity index is 742. The summed E-state index contributed by atoms with van der Waals surface area (Å²) in [5, 5.41) is 10.6. The van der Waals surface area contributed by atoms with E-state index in [1.807, 2.05) is 24.0 Å². The fourth-order valence-corrected chi connectivity index (χ4v) is 3.99. The summed E-state index contributed by atoms with van der Waals surface area (Å²) in [6.07, 6.45) is 5.98. The number of nitrogens with zero attached hydrogens (tertiary/aromatic N) is 3. The summed E-state index contributed by atoms with van der Waals surface area (Å²) in [5.74, 6) is 0. The van der Waals surface area contributed by atoms with Crippen molar-refractivity contribution in [2.75, 3.05) is 18.0 Å². The van der Waals surface area contributed by atoms with Crippen LogP contribution in [0.1, 0.15) is 36.6 Å². The minimum absolute atomic E-state index is 0.0679. The molecule has 25 heavy (non-hydrogen) atoms. The Morgan fingerprint density at radius 3 is 2.88 bits per heavy atom. The van der Waals surface area contributed by atoms with E-state index in [0.717, 1.165) is 38.8 Å². The molecule has 1 saturated heterocycles. The number of benzene rings is 1. The van der Waals surface area contributed by atoms with Crippen LogP contribution in [0.3, 0.4) is 0 Å². The van der Waals surface area contributed by atoms with Gasteiger partial charge in [-0.25, -0.2) is 4.79 Å². The van der Waals surface area contributed by atoms with E-state index in [1.54, 1.807) is 0 Å². The van der Waals surface area contributed by atoms with E-state index in [9.17, 15) is 4.79 Å². The van der Waals surface area contributed by atoms with Gasteiger partial charge in [0.25, 0.3) is 0 Å². The molecule has 1 aromatic heterocycles. The molecule has 4 rings (SSSR count). The first-order chi connectivity index (χ1) is 12.2. The zero-order chi connectivity index (χ0) is 17.2. The highest BCUT2D eigenvalue weighted by Gasteiger charge is 2.27. The van der Waals surface area contributed by atoms with Gasteiger partial charge in [-0.15, -0.1) is 0 Å². The van der Waals surface area contributed by atoms with E-state index in [0.29, 0.717) is 0 Å². The predicted octanol–water partition coefficient (Wildman–Crippen LogP) is 2.38. The molecule has 1 fully saturated rings. The monoisotopic (exact) mass is 339 g/mol. The molecule has 1 aromatic carbocycles. The molecule has 2 heterocycles. The zero-order valence-corrected chi connectivity index (χ0v) is 14.6. The third-order valence-corrected chi connectivity index (χ3v) is 5.33. The van der Waals surface area contributed by atoms with Gasteiger partial charge in [0.2, 0.25) is 0 Å². The van der Waals surface area contributed by atoms with Crippen LogP contribution < -0.4 is 15.5 Å². The summed E-state index contributed by atoms with van der Waals surface area (Å²) in [4.78, 5) is 14.8. The fourth-order valence-electron chi connectivity index (χ4n) is 3.99. The molecule has 2 atom stereocenters. The predicted molar refractivity (Wildman–Crippen MR) is 97.6 cm³/mol. The summed E-state index contributed by atoms with van der Waals surface area (Å²) >= 11 is 0. The van der Waals surface area contributed by atoms with E-state index in [1.165, 1.54) is 16.9 Å². The first-order valence-electron chi connectivity index (χ1n) is 9.08. The lowest BCUT2D eigenvalue weighted by Crippen LogP contribution is -2.45. The molecule has 0 saturated carbocycles. The Hall–Kier alpha value is -2.50. The standard InChI is InChI=1S/C19H25N5O/c1-23-18-9-5-8-17(16(18)12-20-23)22-19(25)21-14-10-11-24(13-14)15-6-3-2-4-7-15/h2-4,6-7,12,14,17H,5,8-11,13H2,1H3,(H2,21,22,25). The summed E-state index contributed by atoms with van der Waals surface area (Å²) in [7, 11) is 1.97. The van der Waals surface area contributed by atoms with Crippen LogP contribution in [-0.2, 0) is 13.5 Å². The van der Waals surface area contributed by atoms with Crippen molar-refractivity contribution in [3.8, 4) is 0 Å². The number of anilines is 1. The summed E-state index contributed by atoms with van der Waals surface area (Å²) in [5.41, 5.74) is 3.63. The topological polar surface area (TPSA) is 62.2 Å². The van der Waals surface area contributed by atoms with E-state index >= 15 is 0 Å². The number of rotatable bonds is 3. The number of aromatic nitrogens is 2. The molecule has 132 valence electrons. The molecule has 1 aliphatic carbocycles. The van der Waals surface area contributed by atoms with Crippen molar-refractivity contribution >= 4 is 11.7 Å². The van der Waals surface area contributed by atoms with Gasteiger partial charge in [-0.2, -0.15) is 5.10 Å². The van der Waals surface area contributed by atoms with Gasteiger partial charge in [-0.3, -0.25) is 4.68 Å². The first-order valence-corrected chi connectivity index (χ1v) is 9.08. The number of hydrogen-bond donors (Lipinski definition) is 2. The molecule has 0 spiro atoms. The van der Waals surface area contributed by atoms with E-state index in [4.69, 9.17) is 0 Å². The number of carbonyl (C=O) groups is 1. The largest absolute Gasteiger partial charge is 0.369 e. The Balaban J connectivity index is 1.33. The van der Waals surface area contributed by atoms with Crippen LogP contribution >= 0.6 is 0 Å². The average molecular weight is 339 g/mol. The van der Waals surface area contributed by atoms with Gasteiger partial charge in [0.05, 0.1) is 12.2 Å². The second-order valence-electron chi connectivity index (χ2n) is 7.00. The molecular formula is C19H25N5O.